The van der Waals surface area contributed by atoms with Crippen LogP contribution in [0.4, 0.5) is 0 Å². The van der Waals surface area contributed by atoms with Crippen molar-refractivity contribution in [2.45, 2.75) is 39.9 Å². The summed E-state index contributed by atoms with van der Waals surface area (Å²) >= 11 is 6.26. The zero-order valence-corrected chi connectivity index (χ0v) is 11.8. The second-order valence-corrected chi connectivity index (χ2v) is 4.98. The van der Waals surface area contributed by atoms with Crippen LogP contribution in [0.15, 0.2) is 0 Å². The maximum atomic E-state index is 12.0. The molecule has 2 rings (SSSR count). The van der Waals surface area contributed by atoms with Crippen molar-refractivity contribution in [1.82, 2.24) is 20.0 Å². The largest absolute Gasteiger partial charge is 0.334 e. The van der Waals surface area contributed by atoms with E-state index in [0.717, 1.165) is 24.5 Å². The molecule has 18 heavy (non-hydrogen) atoms. The normalized spacial score (nSPS) is 20.6. The molecule has 1 aromatic rings. The van der Waals surface area contributed by atoms with Crippen LogP contribution in [0.3, 0.4) is 0 Å². The van der Waals surface area contributed by atoms with Crippen LogP contribution in [0.2, 0.25) is 5.02 Å². The molecule has 1 N–H and O–H groups in total. The van der Waals surface area contributed by atoms with Gasteiger partial charge in [0.2, 0.25) is 5.91 Å². The van der Waals surface area contributed by atoms with E-state index in [0.29, 0.717) is 18.1 Å². The third kappa shape index (κ3) is 2.37. The average Bonchev–Trinajstić information content (AvgIpc) is 2.62. The highest BCUT2D eigenvalue weighted by atomic mass is 35.5. The average molecular weight is 271 g/mol. The van der Waals surface area contributed by atoms with E-state index in [-0.39, 0.29) is 11.9 Å². The lowest BCUT2D eigenvalue weighted by Gasteiger charge is -2.31. The molecule has 1 aromatic heterocycles. The molecular weight excluding hydrogens is 252 g/mol. The monoisotopic (exact) mass is 270 g/mol. The first-order valence-electron chi connectivity index (χ1n) is 6.28. The van der Waals surface area contributed by atoms with Crippen molar-refractivity contribution in [2.75, 3.05) is 13.1 Å². The van der Waals surface area contributed by atoms with Crippen LogP contribution >= 0.6 is 11.6 Å². The molecular formula is C12H19ClN4O. The number of carbonyl (C=O) groups excluding carboxylic acids is 1. The van der Waals surface area contributed by atoms with Crippen molar-refractivity contribution < 1.29 is 4.79 Å². The number of hydrogen-bond acceptors (Lipinski definition) is 3. The molecule has 1 saturated heterocycles. The number of piperazine rings is 1. The molecule has 0 radical (unpaired) electrons. The third-order valence-electron chi connectivity index (χ3n) is 3.31. The lowest BCUT2D eigenvalue weighted by Crippen LogP contribution is -2.53. The highest BCUT2D eigenvalue weighted by Crippen LogP contribution is 2.22. The van der Waals surface area contributed by atoms with Crippen LogP contribution in [0.1, 0.15) is 25.2 Å². The molecule has 1 fully saturated rings. The molecule has 0 spiro atoms. The minimum Gasteiger partial charge on any atom is -0.334 e. The molecule has 1 atom stereocenters. The summed E-state index contributed by atoms with van der Waals surface area (Å²) in [5.74, 6) is 0.124. The number of carbonyl (C=O) groups is 1. The van der Waals surface area contributed by atoms with E-state index in [2.05, 4.69) is 10.4 Å². The number of rotatable bonds is 3. The fraction of sp³-hybridized carbons (Fsp3) is 0.667. The van der Waals surface area contributed by atoms with Crippen LogP contribution in [0.5, 0.6) is 0 Å². The van der Waals surface area contributed by atoms with E-state index in [4.69, 9.17) is 11.6 Å². The maximum Gasteiger partial charge on any atom is 0.239 e. The molecule has 0 saturated carbocycles. The van der Waals surface area contributed by atoms with Gasteiger partial charge < -0.3 is 10.2 Å². The predicted octanol–water partition coefficient (Wildman–Crippen LogP) is 1.19. The molecule has 5 nitrogen and oxygen atoms in total. The molecule has 1 unspecified atom stereocenters. The Morgan fingerprint density at radius 2 is 2.28 bits per heavy atom. The first-order chi connectivity index (χ1) is 8.54. The van der Waals surface area contributed by atoms with Crippen LogP contribution in [0.25, 0.3) is 0 Å². The Morgan fingerprint density at radius 1 is 1.56 bits per heavy atom. The molecule has 6 heteroatoms. The van der Waals surface area contributed by atoms with Crippen molar-refractivity contribution in [3.63, 3.8) is 0 Å². The Bertz CT molecular complexity index is 457. The standard InChI is InChI=1S/C12H19ClN4O/c1-4-17-10(11(13)8(2)15-17)7-16-6-5-14-9(3)12(16)18/h9,14H,4-7H2,1-3H3. The second kappa shape index (κ2) is 5.28. The minimum atomic E-state index is -0.114. The first-order valence-corrected chi connectivity index (χ1v) is 6.66. The van der Waals surface area contributed by atoms with Crippen molar-refractivity contribution in [3.05, 3.63) is 16.4 Å². The lowest BCUT2D eigenvalue weighted by atomic mass is 10.2. The van der Waals surface area contributed by atoms with Gasteiger partial charge >= 0.3 is 0 Å². The lowest BCUT2D eigenvalue weighted by molar-refractivity contribution is -0.135. The molecule has 1 aliphatic rings. The number of aromatic nitrogens is 2. The molecule has 2 heterocycles. The van der Waals surface area contributed by atoms with E-state index in [1.165, 1.54) is 0 Å². The van der Waals surface area contributed by atoms with Crippen molar-refractivity contribution >= 4 is 17.5 Å². The fourth-order valence-electron chi connectivity index (χ4n) is 2.25. The van der Waals surface area contributed by atoms with Crippen molar-refractivity contribution in [2.24, 2.45) is 0 Å². The minimum absolute atomic E-state index is 0.114. The Kier molecular flexibility index (Phi) is 3.92. The number of halogens is 1. The maximum absolute atomic E-state index is 12.0. The number of nitrogens with one attached hydrogen (secondary N) is 1. The zero-order valence-electron chi connectivity index (χ0n) is 11.0. The number of hydrogen-bond donors (Lipinski definition) is 1. The molecule has 0 bridgehead atoms. The van der Waals surface area contributed by atoms with Gasteiger partial charge in [-0.2, -0.15) is 5.10 Å². The van der Waals surface area contributed by atoms with E-state index >= 15 is 0 Å². The van der Waals surface area contributed by atoms with Gasteiger partial charge in [-0.25, -0.2) is 0 Å². The molecule has 0 aliphatic carbocycles. The highest BCUT2D eigenvalue weighted by Gasteiger charge is 2.26. The van der Waals surface area contributed by atoms with Gasteiger partial charge in [-0.05, 0) is 20.8 Å². The Balaban J connectivity index is 2.20. The van der Waals surface area contributed by atoms with Crippen LogP contribution in [-0.4, -0.2) is 39.7 Å². The zero-order chi connectivity index (χ0) is 13.3. The quantitative estimate of drug-likeness (QED) is 0.898. The van der Waals surface area contributed by atoms with E-state index in [1.54, 1.807) is 0 Å². The summed E-state index contributed by atoms with van der Waals surface area (Å²) in [5.41, 5.74) is 1.75. The summed E-state index contributed by atoms with van der Waals surface area (Å²) in [4.78, 5) is 13.9. The second-order valence-electron chi connectivity index (χ2n) is 4.60. The molecule has 0 aromatic carbocycles. The number of nitrogens with zero attached hydrogens (tertiary/aromatic N) is 3. The van der Waals surface area contributed by atoms with Crippen molar-refractivity contribution in [3.8, 4) is 0 Å². The summed E-state index contributed by atoms with van der Waals surface area (Å²) < 4.78 is 1.87. The number of amides is 1. The van der Waals surface area contributed by atoms with Gasteiger partial charge in [-0.1, -0.05) is 11.6 Å². The topological polar surface area (TPSA) is 50.2 Å². The summed E-state index contributed by atoms with van der Waals surface area (Å²) in [6.07, 6.45) is 0. The molecule has 100 valence electrons. The Labute approximate surface area is 112 Å². The fourth-order valence-corrected chi connectivity index (χ4v) is 2.44. The summed E-state index contributed by atoms with van der Waals surface area (Å²) in [5, 5.41) is 8.20. The first kappa shape index (κ1) is 13.4. The van der Waals surface area contributed by atoms with Crippen LogP contribution < -0.4 is 5.32 Å². The van der Waals surface area contributed by atoms with Gasteiger partial charge in [0.15, 0.2) is 0 Å². The van der Waals surface area contributed by atoms with Gasteiger partial charge in [0.25, 0.3) is 0 Å². The van der Waals surface area contributed by atoms with Gasteiger partial charge in [0.05, 0.1) is 29.0 Å². The van der Waals surface area contributed by atoms with Gasteiger partial charge in [-0.15, -0.1) is 0 Å². The van der Waals surface area contributed by atoms with E-state index < -0.39 is 0 Å². The Hall–Kier alpha value is -1.07. The summed E-state index contributed by atoms with van der Waals surface area (Å²) in [6.45, 7) is 8.64. The number of aryl methyl sites for hydroxylation is 2. The van der Waals surface area contributed by atoms with Crippen molar-refractivity contribution in [1.29, 1.82) is 0 Å². The molecule has 1 amide bonds. The van der Waals surface area contributed by atoms with Gasteiger partial charge in [0, 0.05) is 19.6 Å². The summed E-state index contributed by atoms with van der Waals surface area (Å²) in [6, 6.07) is -0.114. The molecule has 1 aliphatic heterocycles. The Morgan fingerprint density at radius 3 is 2.94 bits per heavy atom. The SMILES string of the molecule is CCn1nc(C)c(Cl)c1CN1CCNC(C)C1=O. The van der Waals surface area contributed by atoms with Crippen LogP contribution in [-0.2, 0) is 17.9 Å². The summed E-state index contributed by atoms with van der Waals surface area (Å²) in [7, 11) is 0. The third-order valence-corrected chi connectivity index (χ3v) is 3.80. The van der Waals surface area contributed by atoms with Gasteiger partial charge in [-0.3, -0.25) is 9.48 Å². The predicted molar refractivity (Wildman–Crippen MR) is 70.5 cm³/mol. The van der Waals surface area contributed by atoms with Crippen LogP contribution in [0, 0.1) is 6.92 Å². The smallest absolute Gasteiger partial charge is 0.239 e. The van der Waals surface area contributed by atoms with E-state index in [1.807, 2.05) is 30.4 Å². The van der Waals surface area contributed by atoms with E-state index in [9.17, 15) is 4.79 Å². The van der Waals surface area contributed by atoms with Gasteiger partial charge in [0.1, 0.15) is 0 Å². The highest BCUT2D eigenvalue weighted by molar-refractivity contribution is 6.31.